The van der Waals surface area contributed by atoms with Crippen LogP contribution in [-0.4, -0.2) is 48.6 Å². The molecule has 98 valence electrons. The molecule has 0 aliphatic carbocycles. The Morgan fingerprint density at radius 1 is 1.39 bits per heavy atom. The van der Waals surface area contributed by atoms with E-state index in [1.807, 2.05) is 37.4 Å². The van der Waals surface area contributed by atoms with E-state index in [1.165, 1.54) is 0 Å². The maximum Gasteiger partial charge on any atom is 0.410 e. The first kappa shape index (κ1) is 12.9. The van der Waals surface area contributed by atoms with Crippen molar-refractivity contribution >= 4 is 6.09 Å². The molecule has 0 radical (unpaired) electrons. The van der Waals surface area contributed by atoms with Gasteiger partial charge in [-0.05, 0) is 19.5 Å². The lowest BCUT2D eigenvalue weighted by molar-refractivity contribution is -0.0152. The molecule has 0 spiro atoms. The Morgan fingerprint density at radius 2 is 2.00 bits per heavy atom. The van der Waals surface area contributed by atoms with Gasteiger partial charge in [0.2, 0.25) is 0 Å². The van der Waals surface area contributed by atoms with Gasteiger partial charge in [-0.15, -0.1) is 0 Å². The van der Waals surface area contributed by atoms with E-state index >= 15 is 0 Å². The molecule has 1 amide bonds. The van der Waals surface area contributed by atoms with Crippen LogP contribution in [0, 0.1) is 0 Å². The Kier molecular flexibility index (Phi) is 3.57. The summed E-state index contributed by atoms with van der Waals surface area (Å²) in [6, 6.07) is 9.73. The molecule has 18 heavy (non-hydrogen) atoms. The molecule has 1 aromatic carbocycles. The summed E-state index contributed by atoms with van der Waals surface area (Å²) in [6.45, 7) is 4.20. The Labute approximate surface area is 108 Å². The predicted octanol–water partition coefficient (Wildman–Crippen LogP) is 1.96. The summed E-state index contributed by atoms with van der Waals surface area (Å²) in [5, 5.41) is 0. The summed E-state index contributed by atoms with van der Waals surface area (Å²) in [5.74, 6) is 0. The number of hydrogen-bond donors (Lipinski definition) is 0. The van der Waals surface area contributed by atoms with Crippen molar-refractivity contribution in [2.24, 2.45) is 0 Å². The Balaban J connectivity index is 1.85. The van der Waals surface area contributed by atoms with E-state index in [1.54, 1.807) is 11.9 Å². The second-order valence-corrected chi connectivity index (χ2v) is 5.27. The van der Waals surface area contributed by atoms with Crippen LogP contribution in [0.2, 0.25) is 0 Å². The maximum absolute atomic E-state index is 11.9. The Hall–Kier alpha value is -1.55. The van der Waals surface area contributed by atoms with Crippen molar-refractivity contribution < 1.29 is 9.53 Å². The quantitative estimate of drug-likeness (QED) is 0.819. The molecular formula is C14H20N2O2. The van der Waals surface area contributed by atoms with Gasteiger partial charge in [0, 0.05) is 20.1 Å². The standard InChI is InChI=1S/C14H20N2O2/c1-14(10-15(2)11-14)16(3)13(17)18-9-12-7-5-4-6-8-12/h4-8H,9-11H2,1-3H3. The largest absolute Gasteiger partial charge is 0.445 e. The normalized spacial score (nSPS) is 17.9. The number of nitrogens with zero attached hydrogens (tertiary/aromatic N) is 2. The summed E-state index contributed by atoms with van der Waals surface area (Å²) < 4.78 is 5.32. The highest BCUT2D eigenvalue weighted by Gasteiger charge is 2.42. The number of rotatable bonds is 3. The van der Waals surface area contributed by atoms with E-state index in [0.717, 1.165) is 18.7 Å². The summed E-state index contributed by atoms with van der Waals surface area (Å²) in [4.78, 5) is 15.8. The highest BCUT2D eigenvalue weighted by molar-refractivity contribution is 5.68. The van der Waals surface area contributed by atoms with E-state index in [9.17, 15) is 4.79 Å². The molecule has 0 atom stereocenters. The summed E-state index contributed by atoms with van der Waals surface area (Å²) in [7, 11) is 3.85. The molecule has 4 nitrogen and oxygen atoms in total. The van der Waals surface area contributed by atoms with E-state index in [-0.39, 0.29) is 11.6 Å². The first-order chi connectivity index (χ1) is 8.51. The molecule has 0 bridgehead atoms. The highest BCUT2D eigenvalue weighted by atomic mass is 16.6. The molecule has 0 N–H and O–H groups in total. The van der Waals surface area contributed by atoms with Crippen molar-refractivity contribution in [1.29, 1.82) is 0 Å². The molecular weight excluding hydrogens is 228 g/mol. The van der Waals surface area contributed by atoms with Crippen molar-refractivity contribution in [2.75, 3.05) is 27.2 Å². The monoisotopic (exact) mass is 248 g/mol. The van der Waals surface area contributed by atoms with E-state index in [4.69, 9.17) is 4.74 Å². The minimum absolute atomic E-state index is 0.0947. The topological polar surface area (TPSA) is 32.8 Å². The number of likely N-dealkylation sites (N-methyl/N-ethyl adjacent to an activating group) is 2. The first-order valence-corrected chi connectivity index (χ1v) is 6.14. The van der Waals surface area contributed by atoms with E-state index in [2.05, 4.69) is 11.8 Å². The summed E-state index contributed by atoms with van der Waals surface area (Å²) in [6.07, 6.45) is -0.255. The number of likely N-dealkylation sites (tertiary alicyclic amines) is 1. The molecule has 1 saturated heterocycles. The third-order valence-electron chi connectivity index (χ3n) is 3.51. The molecule has 1 aliphatic heterocycles. The maximum atomic E-state index is 11.9. The minimum atomic E-state index is -0.255. The third kappa shape index (κ3) is 2.64. The molecule has 4 heteroatoms. The molecule has 2 rings (SSSR count). The zero-order chi connectivity index (χ0) is 13.2. The van der Waals surface area contributed by atoms with Gasteiger partial charge in [0.1, 0.15) is 6.61 Å². The molecule has 1 aliphatic rings. The number of carbonyl (C=O) groups is 1. The van der Waals surface area contributed by atoms with Crippen LogP contribution >= 0.6 is 0 Å². The number of benzene rings is 1. The van der Waals surface area contributed by atoms with Crippen LogP contribution in [0.15, 0.2) is 30.3 Å². The predicted molar refractivity (Wildman–Crippen MR) is 70.3 cm³/mol. The van der Waals surface area contributed by atoms with E-state index < -0.39 is 0 Å². The third-order valence-corrected chi connectivity index (χ3v) is 3.51. The van der Waals surface area contributed by atoms with Crippen molar-refractivity contribution in [3.05, 3.63) is 35.9 Å². The molecule has 0 unspecified atom stereocenters. The second kappa shape index (κ2) is 4.98. The Bertz CT molecular complexity index is 413. The van der Waals surface area contributed by atoms with Crippen LogP contribution in [-0.2, 0) is 11.3 Å². The van der Waals surface area contributed by atoms with Crippen LogP contribution in [0.5, 0.6) is 0 Å². The summed E-state index contributed by atoms with van der Waals surface area (Å²) in [5.41, 5.74) is 0.915. The van der Waals surface area contributed by atoms with Crippen molar-refractivity contribution in [3.8, 4) is 0 Å². The van der Waals surface area contributed by atoms with Crippen molar-refractivity contribution in [1.82, 2.24) is 9.80 Å². The van der Waals surface area contributed by atoms with Crippen LogP contribution in [0.25, 0.3) is 0 Å². The second-order valence-electron chi connectivity index (χ2n) is 5.27. The van der Waals surface area contributed by atoms with Crippen LogP contribution in [0.4, 0.5) is 4.79 Å². The van der Waals surface area contributed by atoms with Gasteiger partial charge in [-0.25, -0.2) is 4.79 Å². The summed E-state index contributed by atoms with van der Waals surface area (Å²) >= 11 is 0. The lowest BCUT2D eigenvalue weighted by Crippen LogP contribution is -2.67. The lowest BCUT2D eigenvalue weighted by atomic mass is 9.91. The molecule has 0 aromatic heterocycles. The average molecular weight is 248 g/mol. The van der Waals surface area contributed by atoms with Gasteiger partial charge >= 0.3 is 6.09 Å². The van der Waals surface area contributed by atoms with Gasteiger partial charge in [0.15, 0.2) is 0 Å². The fraction of sp³-hybridized carbons (Fsp3) is 0.500. The van der Waals surface area contributed by atoms with E-state index in [0.29, 0.717) is 6.61 Å². The molecule has 1 aromatic rings. The van der Waals surface area contributed by atoms with Gasteiger partial charge in [-0.1, -0.05) is 30.3 Å². The lowest BCUT2D eigenvalue weighted by Gasteiger charge is -2.50. The fourth-order valence-electron chi connectivity index (χ4n) is 2.37. The zero-order valence-corrected chi connectivity index (χ0v) is 11.2. The molecule has 1 fully saturated rings. The smallest absolute Gasteiger partial charge is 0.410 e. The molecule has 0 saturated carbocycles. The van der Waals surface area contributed by atoms with Gasteiger partial charge in [-0.2, -0.15) is 0 Å². The Morgan fingerprint density at radius 3 is 2.56 bits per heavy atom. The SMILES string of the molecule is CN1CC(C)(N(C)C(=O)OCc2ccccc2)C1. The number of ether oxygens (including phenoxy) is 1. The minimum Gasteiger partial charge on any atom is -0.445 e. The van der Waals surface area contributed by atoms with Crippen LogP contribution in [0.1, 0.15) is 12.5 Å². The van der Waals surface area contributed by atoms with Gasteiger partial charge < -0.3 is 14.5 Å². The number of carbonyl (C=O) groups excluding carboxylic acids is 1. The van der Waals surface area contributed by atoms with Crippen LogP contribution in [0.3, 0.4) is 0 Å². The first-order valence-electron chi connectivity index (χ1n) is 6.14. The van der Waals surface area contributed by atoms with Crippen molar-refractivity contribution in [3.63, 3.8) is 0 Å². The number of hydrogen-bond acceptors (Lipinski definition) is 3. The van der Waals surface area contributed by atoms with Crippen LogP contribution < -0.4 is 0 Å². The zero-order valence-electron chi connectivity index (χ0n) is 11.2. The highest BCUT2D eigenvalue weighted by Crippen LogP contribution is 2.25. The van der Waals surface area contributed by atoms with Gasteiger partial charge in [-0.3, -0.25) is 0 Å². The molecule has 1 heterocycles. The van der Waals surface area contributed by atoms with Gasteiger partial charge in [0.25, 0.3) is 0 Å². The number of amides is 1. The van der Waals surface area contributed by atoms with Gasteiger partial charge in [0.05, 0.1) is 5.54 Å². The fourth-order valence-corrected chi connectivity index (χ4v) is 2.37. The van der Waals surface area contributed by atoms with Crippen molar-refractivity contribution in [2.45, 2.75) is 19.1 Å². The average Bonchev–Trinajstić information content (AvgIpc) is 2.34.